The summed E-state index contributed by atoms with van der Waals surface area (Å²) >= 11 is 10.9. The van der Waals surface area contributed by atoms with E-state index in [1.165, 1.54) is 0 Å². The van der Waals surface area contributed by atoms with E-state index in [0.29, 0.717) is 15.6 Å². The van der Waals surface area contributed by atoms with Gasteiger partial charge in [0.1, 0.15) is 11.6 Å². The molecular weight excluding hydrogens is 501 g/mol. The number of carbonyl (C=O) groups excluding carboxylic acids is 1. The molecule has 0 heterocycles. The monoisotopic (exact) mass is 515 g/mol. The van der Waals surface area contributed by atoms with Crippen LogP contribution in [0, 0.1) is 0 Å². The van der Waals surface area contributed by atoms with Gasteiger partial charge in [0.05, 0.1) is 5.56 Å². The van der Waals surface area contributed by atoms with Crippen LogP contribution in [-0.2, 0) is 4.74 Å². The zero-order chi connectivity index (χ0) is 14.4. The fraction of sp³-hybridized carbons (Fsp3) is 0.0667. The number of esters is 1. The van der Waals surface area contributed by atoms with Gasteiger partial charge >= 0.3 is 33.3 Å². The summed E-state index contributed by atoms with van der Waals surface area (Å²) in [5.74, 6) is -0.432. The zero-order valence-electron chi connectivity index (χ0n) is 11.2. The number of anilines is 1. The van der Waals surface area contributed by atoms with Crippen molar-refractivity contribution >= 4 is 67.8 Å². The standard InChI is InChI=1S/C15H12ClNO2S.Pb.2H/c16-12-8-6-11(7-9-12)15(18)19-10-14(20)17-13-4-2-1-3-5-13;;;/h1-9H,10H2,(H,17,20);;;. The van der Waals surface area contributed by atoms with Crippen molar-refractivity contribution in [2.45, 2.75) is 0 Å². The minimum absolute atomic E-state index is 0. The first-order chi connectivity index (χ1) is 9.65. The average Bonchev–Trinajstić information content (AvgIpc) is 2.46. The topological polar surface area (TPSA) is 38.3 Å². The molecule has 3 nitrogen and oxygen atoms in total. The molecule has 0 atom stereocenters. The van der Waals surface area contributed by atoms with E-state index in [4.69, 9.17) is 28.6 Å². The molecule has 0 aromatic heterocycles. The molecule has 6 heteroatoms. The van der Waals surface area contributed by atoms with Gasteiger partial charge in [-0.1, -0.05) is 42.0 Å². The molecule has 2 aromatic carbocycles. The fourth-order valence-electron chi connectivity index (χ4n) is 1.52. The third-order valence-corrected chi connectivity index (χ3v) is 2.94. The van der Waals surface area contributed by atoms with E-state index in [0.717, 1.165) is 5.69 Å². The van der Waals surface area contributed by atoms with Gasteiger partial charge < -0.3 is 10.1 Å². The van der Waals surface area contributed by atoms with Crippen LogP contribution < -0.4 is 5.32 Å². The van der Waals surface area contributed by atoms with Crippen molar-refractivity contribution in [1.29, 1.82) is 0 Å². The molecule has 2 rings (SSSR count). The number of para-hydroxylation sites is 1. The second kappa shape index (κ2) is 9.12. The Kier molecular flexibility index (Phi) is 7.84. The summed E-state index contributed by atoms with van der Waals surface area (Å²) in [5, 5.41) is 3.56. The molecule has 0 unspecified atom stereocenters. The predicted octanol–water partition coefficient (Wildman–Crippen LogP) is 3.02. The molecule has 0 aliphatic carbocycles. The SMILES string of the molecule is O=C(OCC(=S)Nc1ccccc1)c1ccc(Cl)cc1.[PbH2]. The van der Waals surface area contributed by atoms with Gasteiger partial charge in [-0.05, 0) is 36.4 Å². The van der Waals surface area contributed by atoms with Crippen LogP contribution >= 0.6 is 23.8 Å². The molecule has 1 N–H and O–H groups in total. The van der Waals surface area contributed by atoms with Crippen LogP contribution in [-0.4, -0.2) is 44.9 Å². The Balaban J connectivity index is 0.00000220. The third-order valence-electron chi connectivity index (χ3n) is 2.47. The first-order valence-electron chi connectivity index (χ1n) is 5.93. The Morgan fingerprint density at radius 1 is 1.10 bits per heavy atom. The average molecular weight is 515 g/mol. The van der Waals surface area contributed by atoms with Crippen LogP contribution in [0.1, 0.15) is 10.4 Å². The van der Waals surface area contributed by atoms with E-state index in [1.807, 2.05) is 30.3 Å². The number of halogens is 1. The van der Waals surface area contributed by atoms with Crippen LogP contribution in [0.15, 0.2) is 54.6 Å². The summed E-state index contributed by atoms with van der Waals surface area (Å²) in [5.41, 5.74) is 1.30. The Bertz CT molecular complexity index is 605. The van der Waals surface area contributed by atoms with Crippen LogP contribution in [0.2, 0.25) is 5.02 Å². The summed E-state index contributed by atoms with van der Waals surface area (Å²) in [6, 6.07) is 16.0. The van der Waals surface area contributed by atoms with E-state index in [2.05, 4.69) is 5.32 Å². The van der Waals surface area contributed by atoms with Gasteiger partial charge in [-0.25, -0.2) is 4.79 Å². The van der Waals surface area contributed by atoms with Crippen molar-refractivity contribution in [1.82, 2.24) is 0 Å². The molecule has 2 aromatic rings. The van der Waals surface area contributed by atoms with Gasteiger partial charge in [0.15, 0.2) is 0 Å². The normalized spacial score (nSPS) is 9.38. The number of hydrogen-bond acceptors (Lipinski definition) is 3. The maximum atomic E-state index is 11.8. The first-order valence-corrected chi connectivity index (χ1v) is 6.71. The Morgan fingerprint density at radius 3 is 2.33 bits per heavy atom. The molecular formula is C15H14ClNO2PbS. The summed E-state index contributed by atoms with van der Waals surface area (Å²) in [7, 11) is 0. The Labute approximate surface area is 153 Å². The molecule has 0 saturated heterocycles. The van der Waals surface area contributed by atoms with E-state index in [-0.39, 0.29) is 33.9 Å². The molecule has 0 saturated carbocycles. The van der Waals surface area contributed by atoms with Gasteiger partial charge in [0.2, 0.25) is 0 Å². The van der Waals surface area contributed by atoms with Gasteiger partial charge in [-0.2, -0.15) is 0 Å². The number of hydrogen-bond donors (Lipinski definition) is 1. The van der Waals surface area contributed by atoms with Crippen molar-refractivity contribution in [2.75, 3.05) is 11.9 Å². The molecule has 108 valence electrons. The van der Waals surface area contributed by atoms with E-state index >= 15 is 0 Å². The van der Waals surface area contributed by atoms with Crippen LogP contribution in [0.5, 0.6) is 0 Å². The van der Waals surface area contributed by atoms with Crippen LogP contribution in [0.4, 0.5) is 5.69 Å². The van der Waals surface area contributed by atoms with Gasteiger partial charge in [0, 0.05) is 10.7 Å². The molecule has 0 aliphatic rings. The second-order valence-electron chi connectivity index (χ2n) is 4.00. The van der Waals surface area contributed by atoms with Gasteiger partial charge in [0.25, 0.3) is 0 Å². The van der Waals surface area contributed by atoms with E-state index in [9.17, 15) is 4.79 Å². The number of thiocarbonyl (C=S) groups is 1. The maximum absolute atomic E-state index is 11.8. The van der Waals surface area contributed by atoms with Crippen molar-refractivity contribution in [3.8, 4) is 0 Å². The van der Waals surface area contributed by atoms with Crippen molar-refractivity contribution in [3.05, 3.63) is 65.2 Å². The van der Waals surface area contributed by atoms with E-state index < -0.39 is 5.97 Å². The predicted molar refractivity (Wildman–Crippen MR) is 92.9 cm³/mol. The van der Waals surface area contributed by atoms with Gasteiger partial charge in [-0.15, -0.1) is 0 Å². The van der Waals surface area contributed by atoms with E-state index in [1.54, 1.807) is 24.3 Å². The molecule has 0 fully saturated rings. The minimum atomic E-state index is -0.432. The summed E-state index contributed by atoms with van der Waals surface area (Å²) in [4.78, 5) is 12.2. The van der Waals surface area contributed by atoms with Crippen molar-refractivity contribution in [2.24, 2.45) is 0 Å². The molecule has 0 spiro atoms. The number of benzene rings is 2. The Hall–Kier alpha value is -0.988. The molecule has 2 radical (unpaired) electrons. The number of rotatable bonds is 4. The second-order valence-corrected chi connectivity index (χ2v) is 4.93. The van der Waals surface area contributed by atoms with Crippen molar-refractivity contribution in [3.63, 3.8) is 0 Å². The first kappa shape index (κ1) is 18.1. The summed E-state index contributed by atoms with van der Waals surface area (Å²) < 4.78 is 5.12. The van der Waals surface area contributed by atoms with Gasteiger partial charge in [-0.3, -0.25) is 0 Å². The third kappa shape index (κ3) is 6.11. The fourth-order valence-corrected chi connectivity index (χ4v) is 1.82. The molecule has 0 aliphatic heterocycles. The van der Waals surface area contributed by atoms with Crippen LogP contribution in [0.25, 0.3) is 0 Å². The zero-order valence-corrected chi connectivity index (χ0v) is 18.3. The van der Waals surface area contributed by atoms with Crippen molar-refractivity contribution < 1.29 is 9.53 Å². The molecule has 21 heavy (non-hydrogen) atoms. The van der Waals surface area contributed by atoms with Crippen LogP contribution in [0.3, 0.4) is 0 Å². The Morgan fingerprint density at radius 2 is 1.71 bits per heavy atom. The molecule has 0 amide bonds. The number of carbonyl (C=O) groups is 1. The number of nitrogens with one attached hydrogen (secondary N) is 1. The molecule has 0 bridgehead atoms. The number of ether oxygens (including phenoxy) is 1. The summed E-state index contributed by atoms with van der Waals surface area (Å²) in [6.45, 7) is 0.0334. The summed E-state index contributed by atoms with van der Waals surface area (Å²) in [6.07, 6.45) is 0. The quantitative estimate of drug-likeness (QED) is 0.387.